The van der Waals surface area contributed by atoms with Crippen molar-refractivity contribution in [3.63, 3.8) is 0 Å². The Labute approximate surface area is 142 Å². The molecule has 0 spiro atoms. The Balaban J connectivity index is 1.74. The molecular formula is C18H25N3O3. The van der Waals surface area contributed by atoms with Crippen LogP contribution in [0.3, 0.4) is 0 Å². The Morgan fingerprint density at radius 1 is 1.08 bits per heavy atom. The Morgan fingerprint density at radius 3 is 2.46 bits per heavy atom. The van der Waals surface area contributed by atoms with Crippen molar-refractivity contribution in [3.8, 4) is 0 Å². The van der Waals surface area contributed by atoms with Crippen molar-refractivity contribution in [3.05, 3.63) is 33.7 Å². The second-order valence-corrected chi connectivity index (χ2v) is 6.93. The van der Waals surface area contributed by atoms with E-state index in [-0.39, 0.29) is 28.7 Å². The van der Waals surface area contributed by atoms with Gasteiger partial charge in [0, 0.05) is 51.2 Å². The summed E-state index contributed by atoms with van der Waals surface area (Å²) in [5.74, 6) is -0.216. The van der Waals surface area contributed by atoms with Gasteiger partial charge in [-0.05, 0) is 32.6 Å². The van der Waals surface area contributed by atoms with Crippen molar-refractivity contribution in [2.75, 3.05) is 26.2 Å². The van der Waals surface area contributed by atoms with Crippen LogP contribution in [0.25, 0.3) is 0 Å². The molecule has 1 aromatic heterocycles. The van der Waals surface area contributed by atoms with E-state index in [0.29, 0.717) is 13.1 Å². The Kier molecular flexibility index (Phi) is 4.73. The fraction of sp³-hybridized carbons (Fsp3) is 0.611. The van der Waals surface area contributed by atoms with Gasteiger partial charge in [-0.15, -0.1) is 0 Å². The minimum absolute atomic E-state index is 0.130. The van der Waals surface area contributed by atoms with E-state index in [1.165, 1.54) is 6.07 Å². The summed E-state index contributed by atoms with van der Waals surface area (Å²) >= 11 is 0. The van der Waals surface area contributed by atoms with Crippen LogP contribution in [-0.2, 0) is 11.8 Å². The van der Waals surface area contributed by atoms with Crippen LogP contribution in [0.2, 0.25) is 0 Å². The number of amides is 2. The van der Waals surface area contributed by atoms with Gasteiger partial charge in [-0.25, -0.2) is 0 Å². The molecule has 2 fully saturated rings. The molecule has 0 aliphatic carbocycles. The minimum atomic E-state index is -0.255. The average molecular weight is 331 g/mol. The van der Waals surface area contributed by atoms with Crippen molar-refractivity contribution >= 4 is 11.8 Å². The molecule has 2 aliphatic heterocycles. The zero-order valence-corrected chi connectivity index (χ0v) is 14.5. The first-order valence-corrected chi connectivity index (χ1v) is 8.72. The van der Waals surface area contributed by atoms with Gasteiger partial charge in [0.05, 0.1) is 5.92 Å². The highest BCUT2D eigenvalue weighted by molar-refractivity contribution is 5.94. The summed E-state index contributed by atoms with van der Waals surface area (Å²) in [7, 11) is 1.82. The lowest BCUT2D eigenvalue weighted by atomic mass is 9.96. The summed E-state index contributed by atoms with van der Waals surface area (Å²) < 4.78 is 1.78. The summed E-state index contributed by atoms with van der Waals surface area (Å²) in [6, 6.07) is 1.49. The summed E-state index contributed by atoms with van der Waals surface area (Å²) in [5, 5.41) is 0. The number of aromatic nitrogens is 1. The number of nitrogens with zero attached hydrogens (tertiary/aromatic N) is 3. The first-order valence-electron chi connectivity index (χ1n) is 8.72. The second-order valence-electron chi connectivity index (χ2n) is 6.93. The van der Waals surface area contributed by atoms with Crippen molar-refractivity contribution in [2.24, 2.45) is 13.0 Å². The maximum atomic E-state index is 12.8. The molecule has 24 heavy (non-hydrogen) atoms. The maximum absolute atomic E-state index is 12.8. The van der Waals surface area contributed by atoms with E-state index in [0.717, 1.165) is 44.5 Å². The van der Waals surface area contributed by atoms with Gasteiger partial charge < -0.3 is 14.4 Å². The predicted octanol–water partition coefficient (Wildman–Crippen LogP) is 1.17. The van der Waals surface area contributed by atoms with Crippen molar-refractivity contribution in [1.29, 1.82) is 0 Å². The van der Waals surface area contributed by atoms with Crippen LogP contribution in [0.4, 0.5) is 0 Å². The number of rotatable bonds is 2. The minimum Gasteiger partial charge on any atom is -0.354 e. The molecule has 6 nitrogen and oxygen atoms in total. The number of pyridine rings is 1. The highest BCUT2D eigenvalue weighted by atomic mass is 16.2. The topological polar surface area (TPSA) is 62.6 Å². The Hall–Kier alpha value is -2.11. The lowest BCUT2D eigenvalue weighted by molar-refractivity contribution is -0.135. The number of hydrogen-bond donors (Lipinski definition) is 0. The average Bonchev–Trinajstić information content (AvgIpc) is 3.11. The van der Waals surface area contributed by atoms with Crippen LogP contribution in [-0.4, -0.2) is 52.4 Å². The standard InChI is InChI=1S/C18H25N3O3/c1-13-10-16(22)15(12-19(13)2)18(24)21-9-5-6-14(11-21)17(23)20-7-3-4-8-20/h10,12,14H,3-9,11H2,1-2H3. The summed E-state index contributed by atoms with van der Waals surface area (Å²) in [4.78, 5) is 41.1. The van der Waals surface area contributed by atoms with Gasteiger partial charge in [0.1, 0.15) is 5.56 Å². The van der Waals surface area contributed by atoms with Gasteiger partial charge in [0.2, 0.25) is 5.91 Å². The molecule has 0 radical (unpaired) electrons. The van der Waals surface area contributed by atoms with Gasteiger partial charge in [-0.3, -0.25) is 14.4 Å². The zero-order chi connectivity index (χ0) is 17.3. The molecule has 6 heteroatoms. The Morgan fingerprint density at radius 2 is 1.75 bits per heavy atom. The number of hydrogen-bond acceptors (Lipinski definition) is 3. The number of carbonyl (C=O) groups is 2. The molecule has 0 aromatic carbocycles. The summed E-state index contributed by atoms with van der Waals surface area (Å²) in [5.41, 5.74) is 0.762. The second kappa shape index (κ2) is 6.79. The molecule has 2 amide bonds. The molecule has 0 N–H and O–H groups in total. The van der Waals surface area contributed by atoms with Gasteiger partial charge in [0.15, 0.2) is 5.43 Å². The molecule has 1 atom stereocenters. The van der Waals surface area contributed by atoms with Gasteiger partial charge in [0.25, 0.3) is 5.91 Å². The lowest BCUT2D eigenvalue weighted by Gasteiger charge is -2.34. The number of likely N-dealkylation sites (tertiary alicyclic amines) is 2. The van der Waals surface area contributed by atoms with Crippen LogP contribution < -0.4 is 5.43 Å². The molecule has 3 rings (SSSR count). The van der Waals surface area contributed by atoms with E-state index in [9.17, 15) is 14.4 Å². The van der Waals surface area contributed by atoms with E-state index in [2.05, 4.69) is 0 Å². The van der Waals surface area contributed by atoms with E-state index in [1.54, 1.807) is 15.7 Å². The van der Waals surface area contributed by atoms with Crippen LogP contribution in [0.1, 0.15) is 41.7 Å². The highest BCUT2D eigenvalue weighted by Gasteiger charge is 2.33. The predicted molar refractivity (Wildman–Crippen MR) is 90.9 cm³/mol. The van der Waals surface area contributed by atoms with Gasteiger partial charge in [-0.1, -0.05) is 0 Å². The summed E-state index contributed by atoms with van der Waals surface area (Å²) in [6.07, 6.45) is 5.38. The third-order valence-electron chi connectivity index (χ3n) is 5.19. The fourth-order valence-electron chi connectivity index (χ4n) is 3.62. The molecule has 3 heterocycles. The van der Waals surface area contributed by atoms with Crippen molar-refractivity contribution in [1.82, 2.24) is 14.4 Å². The molecule has 1 unspecified atom stereocenters. The zero-order valence-electron chi connectivity index (χ0n) is 14.5. The molecule has 0 bridgehead atoms. The number of aryl methyl sites for hydroxylation is 2. The van der Waals surface area contributed by atoms with Crippen LogP contribution in [0, 0.1) is 12.8 Å². The molecular weight excluding hydrogens is 306 g/mol. The monoisotopic (exact) mass is 331 g/mol. The summed E-state index contributed by atoms with van der Waals surface area (Å²) in [6.45, 7) is 4.54. The smallest absolute Gasteiger partial charge is 0.259 e. The SMILES string of the molecule is Cc1cc(=O)c(C(=O)N2CCCC(C(=O)N3CCCC3)C2)cn1C. The van der Waals surface area contributed by atoms with Crippen molar-refractivity contribution < 1.29 is 9.59 Å². The molecule has 0 saturated carbocycles. The molecule has 2 saturated heterocycles. The molecule has 2 aliphatic rings. The van der Waals surface area contributed by atoms with Crippen LogP contribution in [0.15, 0.2) is 17.1 Å². The van der Waals surface area contributed by atoms with E-state index < -0.39 is 0 Å². The van der Waals surface area contributed by atoms with E-state index >= 15 is 0 Å². The quantitative estimate of drug-likeness (QED) is 0.817. The van der Waals surface area contributed by atoms with Gasteiger partial charge in [-0.2, -0.15) is 0 Å². The van der Waals surface area contributed by atoms with Crippen LogP contribution >= 0.6 is 0 Å². The van der Waals surface area contributed by atoms with Crippen LogP contribution in [0.5, 0.6) is 0 Å². The first kappa shape index (κ1) is 16.7. The molecule has 1 aromatic rings. The third-order valence-corrected chi connectivity index (χ3v) is 5.19. The third kappa shape index (κ3) is 3.23. The first-order chi connectivity index (χ1) is 11.5. The lowest BCUT2D eigenvalue weighted by Crippen LogP contribution is -2.47. The van der Waals surface area contributed by atoms with E-state index in [4.69, 9.17) is 0 Å². The largest absolute Gasteiger partial charge is 0.354 e. The molecule has 130 valence electrons. The number of carbonyl (C=O) groups excluding carboxylic acids is 2. The fourth-order valence-corrected chi connectivity index (χ4v) is 3.62. The van der Waals surface area contributed by atoms with Gasteiger partial charge >= 0.3 is 0 Å². The Bertz CT molecular complexity index is 704. The van der Waals surface area contributed by atoms with E-state index in [1.807, 2.05) is 18.9 Å². The van der Waals surface area contributed by atoms with Crippen molar-refractivity contribution in [2.45, 2.75) is 32.6 Å². The maximum Gasteiger partial charge on any atom is 0.259 e. The highest BCUT2D eigenvalue weighted by Crippen LogP contribution is 2.22. The number of piperidine rings is 1. The normalized spacial score (nSPS) is 21.2.